The van der Waals surface area contributed by atoms with Crippen molar-refractivity contribution in [3.63, 3.8) is 0 Å². The fourth-order valence-corrected chi connectivity index (χ4v) is 5.09. The third kappa shape index (κ3) is 2.82. The molecule has 1 N–H and O–H groups in total. The molecule has 0 amide bonds. The Morgan fingerprint density at radius 3 is 2.93 bits per heavy atom. The molecule has 2 atom stereocenters. The number of aromatic nitrogens is 2. The van der Waals surface area contributed by atoms with Crippen molar-refractivity contribution in [3.05, 3.63) is 42.0 Å². The highest BCUT2D eigenvalue weighted by Gasteiger charge is 2.53. The second kappa shape index (κ2) is 6.53. The van der Waals surface area contributed by atoms with Gasteiger partial charge in [0.25, 0.3) is 0 Å². The van der Waals surface area contributed by atoms with Crippen molar-refractivity contribution in [2.45, 2.75) is 43.9 Å². The second-order valence-electron chi connectivity index (χ2n) is 8.13. The average molecular weight is 369 g/mol. The Bertz CT molecular complexity index is 826. The molecule has 0 bridgehead atoms. The van der Waals surface area contributed by atoms with Crippen LogP contribution in [0.5, 0.6) is 11.5 Å². The smallest absolute Gasteiger partial charge is 0.167 e. The van der Waals surface area contributed by atoms with E-state index in [1.807, 2.05) is 31.6 Å². The van der Waals surface area contributed by atoms with Gasteiger partial charge in [-0.2, -0.15) is 0 Å². The van der Waals surface area contributed by atoms with E-state index in [4.69, 9.17) is 9.47 Å². The maximum Gasteiger partial charge on any atom is 0.167 e. The molecule has 5 rings (SSSR count). The van der Waals surface area contributed by atoms with Gasteiger partial charge in [-0.05, 0) is 18.9 Å². The first-order valence-electron chi connectivity index (χ1n) is 9.97. The van der Waals surface area contributed by atoms with Gasteiger partial charge >= 0.3 is 0 Å². The van der Waals surface area contributed by atoms with Gasteiger partial charge in [-0.1, -0.05) is 12.1 Å². The lowest BCUT2D eigenvalue weighted by molar-refractivity contribution is -0.150. The zero-order chi connectivity index (χ0) is 18.4. The van der Waals surface area contributed by atoms with Crippen molar-refractivity contribution < 1.29 is 14.6 Å². The zero-order valence-corrected chi connectivity index (χ0v) is 15.8. The summed E-state index contributed by atoms with van der Waals surface area (Å²) in [5.74, 6) is 2.32. The summed E-state index contributed by atoms with van der Waals surface area (Å²) in [6.45, 7) is 3.60. The molecule has 2 saturated heterocycles. The second-order valence-corrected chi connectivity index (χ2v) is 8.13. The fraction of sp³-hybridized carbons (Fsp3) is 0.571. The van der Waals surface area contributed by atoms with Crippen LogP contribution in [0.2, 0.25) is 0 Å². The minimum absolute atomic E-state index is 0.0377. The third-order valence-corrected chi connectivity index (χ3v) is 6.62. The number of piperidine rings is 1. The molecule has 144 valence electrons. The van der Waals surface area contributed by atoms with Crippen LogP contribution in [0.4, 0.5) is 0 Å². The Morgan fingerprint density at radius 2 is 2.15 bits per heavy atom. The van der Waals surface area contributed by atoms with E-state index in [-0.39, 0.29) is 17.5 Å². The monoisotopic (exact) mass is 369 g/mol. The van der Waals surface area contributed by atoms with E-state index in [1.165, 1.54) is 0 Å². The number of likely N-dealkylation sites (tertiary alicyclic amines) is 1. The number of fused-ring (bicyclic) bond motifs is 4. The van der Waals surface area contributed by atoms with Gasteiger partial charge in [0.05, 0.1) is 12.6 Å². The highest BCUT2D eigenvalue weighted by Crippen LogP contribution is 2.55. The summed E-state index contributed by atoms with van der Waals surface area (Å²) < 4.78 is 14.9. The average Bonchev–Trinajstić information content (AvgIpc) is 3.10. The molecule has 0 unspecified atom stereocenters. The predicted molar refractivity (Wildman–Crippen MR) is 101 cm³/mol. The lowest BCUT2D eigenvalue weighted by Gasteiger charge is -2.53. The molecule has 1 aromatic heterocycles. The maximum atomic E-state index is 10.4. The van der Waals surface area contributed by atoms with Crippen LogP contribution in [0.3, 0.4) is 0 Å². The maximum absolute atomic E-state index is 10.4. The number of hydrogen-bond donors (Lipinski definition) is 1. The number of aryl methyl sites for hydroxylation is 1. The fourth-order valence-electron chi connectivity index (χ4n) is 5.09. The molecular formula is C21H27N3O3. The van der Waals surface area contributed by atoms with Gasteiger partial charge in [-0.3, -0.25) is 4.90 Å². The standard InChI is InChI=1S/C21H27N3O3/c1-23-12-9-22-18(23)14-24-10-7-21(8-11-24)16-5-3-13-26-19(16)15-4-2-6-17(25)20(15)27-21/h2,4,6,9,12,16,19,25H,3,5,7-8,10-11,13-14H2,1H3/t16-,19+/m0/s1. The lowest BCUT2D eigenvalue weighted by Crippen LogP contribution is -2.57. The van der Waals surface area contributed by atoms with Crippen LogP contribution in [0, 0.1) is 5.92 Å². The molecule has 2 aromatic rings. The minimum Gasteiger partial charge on any atom is -0.504 e. The van der Waals surface area contributed by atoms with Crippen LogP contribution in [-0.4, -0.2) is 44.9 Å². The minimum atomic E-state index is -0.241. The van der Waals surface area contributed by atoms with E-state index < -0.39 is 0 Å². The van der Waals surface area contributed by atoms with Gasteiger partial charge in [-0.15, -0.1) is 0 Å². The molecule has 0 radical (unpaired) electrons. The molecule has 2 fully saturated rings. The molecule has 6 nitrogen and oxygen atoms in total. The summed E-state index contributed by atoms with van der Waals surface area (Å²) in [6, 6.07) is 5.65. The molecule has 0 saturated carbocycles. The van der Waals surface area contributed by atoms with E-state index in [2.05, 4.69) is 14.5 Å². The van der Waals surface area contributed by atoms with Crippen molar-refractivity contribution in [2.75, 3.05) is 19.7 Å². The van der Waals surface area contributed by atoms with Crippen molar-refractivity contribution in [2.24, 2.45) is 13.0 Å². The van der Waals surface area contributed by atoms with Gasteiger partial charge in [0.2, 0.25) is 0 Å². The SMILES string of the molecule is Cn1ccnc1CN1CCC2(CC1)Oc1c(O)cccc1[C@H]1OCCC[C@@H]12. The first kappa shape index (κ1) is 17.1. The summed E-state index contributed by atoms with van der Waals surface area (Å²) in [7, 11) is 2.04. The molecule has 27 heavy (non-hydrogen) atoms. The number of ether oxygens (including phenoxy) is 2. The first-order chi connectivity index (χ1) is 13.2. The molecule has 6 heteroatoms. The Morgan fingerprint density at radius 1 is 1.30 bits per heavy atom. The van der Waals surface area contributed by atoms with Gasteiger partial charge in [0.15, 0.2) is 11.5 Å². The van der Waals surface area contributed by atoms with Crippen molar-refractivity contribution in [1.82, 2.24) is 14.5 Å². The number of imidazole rings is 1. The van der Waals surface area contributed by atoms with Gasteiger partial charge < -0.3 is 19.1 Å². The van der Waals surface area contributed by atoms with E-state index in [0.29, 0.717) is 11.7 Å². The Kier molecular flexibility index (Phi) is 4.13. The number of aromatic hydroxyl groups is 1. The number of phenols is 1. The molecule has 4 heterocycles. The topological polar surface area (TPSA) is 59.8 Å². The van der Waals surface area contributed by atoms with Gasteiger partial charge in [-0.25, -0.2) is 4.98 Å². The van der Waals surface area contributed by atoms with Crippen molar-refractivity contribution >= 4 is 0 Å². The molecule has 1 spiro atoms. The number of phenolic OH excluding ortho intramolecular Hbond substituents is 1. The number of rotatable bonds is 2. The summed E-state index contributed by atoms with van der Waals surface area (Å²) in [5, 5.41) is 10.4. The number of benzene rings is 1. The van der Waals surface area contributed by atoms with Crippen LogP contribution in [0.1, 0.15) is 43.2 Å². The predicted octanol–water partition coefficient (Wildman–Crippen LogP) is 3.02. The number of nitrogens with zero attached hydrogens (tertiary/aromatic N) is 3. The quantitative estimate of drug-likeness (QED) is 0.882. The highest BCUT2D eigenvalue weighted by molar-refractivity contribution is 5.49. The summed E-state index contributed by atoms with van der Waals surface area (Å²) >= 11 is 0. The largest absolute Gasteiger partial charge is 0.504 e. The van der Waals surface area contributed by atoms with Crippen molar-refractivity contribution in [3.8, 4) is 11.5 Å². The summed E-state index contributed by atoms with van der Waals surface area (Å²) in [5.41, 5.74) is 0.774. The van der Waals surface area contributed by atoms with E-state index in [0.717, 1.165) is 63.3 Å². The summed E-state index contributed by atoms with van der Waals surface area (Å²) in [4.78, 5) is 6.91. The van der Waals surface area contributed by atoms with Crippen LogP contribution < -0.4 is 4.74 Å². The Labute approximate surface area is 159 Å². The Balaban J connectivity index is 1.39. The van der Waals surface area contributed by atoms with Gasteiger partial charge in [0.1, 0.15) is 11.4 Å². The first-order valence-corrected chi connectivity index (χ1v) is 9.97. The molecule has 3 aliphatic heterocycles. The lowest BCUT2D eigenvalue weighted by atomic mass is 9.70. The van der Waals surface area contributed by atoms with Crippen LogP contribution >= 0.6 is 0 Å². The Hall–Kier alpha value is -2.05. The third-order valence-electron chi connectivity index (χ3n) is 6.62. The van der Waals surface area contributed by atoms with E-state index in [9.17, 15) is 5.11 Å². The van der Waals surface area contributed by atoms with Gasteiger partial charge in [0, 0.05) is 63.5 Å². The van der Waals surface area contributed by atoms with E-state index in [1.54, 1.807) is 6.07 Å². The molecule has 1 aromatic carbocycles. The normalized spacial score (nSPS) is 27.0. The van der Waals surface area contributed by atoms with E-state index >= 15 is 0 Å². The van der Waals surface area contributed by atoms with Crippen LogP contribution in [0.25, 0.3) is 0 Å². The van der Waals surface area contributed by atoms with Crippen LogP contribution in [0.15, 0.2) is 30.6 Å². The molecule has 3 aliphatic rings. The molecule has 0 aliphatic carbocycles. The number of hydrogen-bond acceptors (Lipinski definition) is 5. The zero-order valence-electron chi connectivity index (χ0n) is 15.8. The van der Waals surface area contributed by atoms with Crippen LogP contribution in [-0.2, 0) is 18.3 Å². The highest BCUT2D eigenvalue weighted by atomic mass is 16.5. The summed E-state index contributed by atoms with van der Waals surface area (Å²) in [6.07, 6.45) is 8.00. The number of para-hydroxylation sites is 1. The van der Waals surface area contributed by atoms with Crippen molar-refractivity contribution in [1.29, 1.82) is 0 Å². The molecular weight excluding hydrogens is 342 g/mol.